The van der Waals surface area contributed by atoms with E-state index in [0.29, 0.717) is 22.5 Å². The first-order valence-corrected chi connectivity index (χ1v) is 10.7. The molecule has 0 saturated carbocycles. The van der Waals surface area contributed by atoms with Crippen molar-refractivity contribution in [1.82, 2.24) is 0 Å². The monoisotopic (exact) mass is 538 g/mol. The molecule has 164 valence electrons. The number of carbonyl (C=O) groups excluding carboxylic acids is 2. The van der Waals surface area contributed by atoms with Crippen LogP contribution >= 0.6 is 0 Å². The number of carbonyl (C=O) groups is 2. The summed E-state index contributed by atoms with van der Waals surface area (Å²) in [5, 5.41) is 3.42. The van der Waals surface area contributed by atoms with E-state index in [4.69, 9.17) is 0 Å². The molecule has 0 fully saturated rings. The number of rotatable bonds is 5. The normalized spacial score (nSPS) is 13.0. The molecule has 0 saturated heterocycles. The van der Waals surface area contributed by atoms with Gasteiger partial charge in [0.1, 0.15) is 0 Å². The molecule has 0 unspecified atom stereocenters. The van der Waals surface area contributed by atoms with E-state index in [1.807, 2.05) is 32.3 Å². The van der Waals surface area contributed by atoms with Crippen LogP contribution in [0.2, 0.25) is 0 Å². The Morgan fingerprint density at radius 1 is 0.781 bits per heavy atom. The highest BCUT2D eigenvalue weighted by atomic mass is 127. The van der Waals surface area contributed by atoms with E-state index in [1.165, 1.54) is 0 Å². The molecule has 0 radical (unpaired) electrons. The lowest BCUT2D eigenvalue weighted by Gasteiger charge is -2.21. The van der Waals surface area contributed by atoms with Gasteiger partial charge < -0.3 is 29.3 Å². The molecule has 1 aliphatic carbocycles. The number of allylic oxidation sites excluding steroid dienone is 2. The first kappa shape index (κ1) is 23.9. The summed E-state index contributed by atoms with van der Waals surface area (Å²) in [6.45, 7) is 8.16. The van der Waals surface area contributed by atoms with Crippen LogP contribution in [0.5, 0.6) is 0 Å². The van der Waals surface area contributed by atoms with Gasteiger partial charge in [0.15, 0.2) is 18.1 Å². The Morgan fingerprint density at radius 3 is 1.84 bits per heavy atom. The van der Waals surface area contributed by atoms with E-state index >= 15 is 0 Å². The molecular weight excluding hydrogens is 511 g/mol. The van der Waals surface area contributed by atoms with Crippen LogP contribution in [0.1, 0.15) is 56.8 Å². The molecule has 1 aromatic heterocycles. The molecule has 5 heteroatoms. The highest BCUT2D eigenvalue weighted by Crippen LogP contribution is 2.31. The Bertz CT molecular complexity index is 1200. The molecular formula is C27H27IN2O2. The largest absolute Gasteiger partial charge is 1.00 e. The second-order valence-corrected chi connectivity index (χ2v) is 8.01. The molecule has 0 aliphatic heterocycles. The molecule has 0 bridgehead atoms. The molecule has 2 aromatic carbocycles. The highest BCUT2D eigenvalue weighted by Gasteiger charge is 2.39. The molecule has 32 heavy (non-hydrogen) atoms. The minimum absolute atomic E-state index is 0. The third-order valence-corrected chi connectivity index (χ3v) is 5.74. The maximum atomic E-state index is 13.6. The third-order valence-electron chi connectivity index (χ3n) is 5.74. The molecule has 4 rings (SSSR count). The lowest BCUT2D eigenvalue weighted by Crippen LogP contribution is -3.00. The van der Waals surface area contributed by atoms with Gasteiger partial charge in [-0.2, -0.15) is 4.57 Å². The zero-order chi connectivity index (χ0) is 22.1. The van der Waals surface area contributed by atoms with Gasteiger partial charge in [-0.1, -0.05) is 56.3 Å². The van der Waals surface area contributed by atoms with E-state index < -0.39 is 0 Å². The van der Waals surface area contributed by atoms with Crippen molar-refractivity contribution in [2.75, 3.05) is 5.32 Å². The zero-order valence-corrected chi connectivity index (χ0v) is 21.0. The third kappa shape index (κ3) is 4.26. The standard InChI is InChI=1S/C27H26N2O2.HI/c1-5-19-10-9-11-20(6-2)23(19)28-24-25(29-15-17(3)14-18(4)16-29)27(31)22-13-8-7-12-21(22)26(24)30;/h7-16H,5-6H2,1-4H3;1H. The highest BCUT2D eigenvalue weighted by molar-refractivity contribution is 6.36. The number of anilines is 1. The number of aryl methyl sites for hydroxylation is 4. The maximum Gasteiger partial charge on any atom is 0.286 e. The van der Waals surface area contributed by atoms with Gasteiger partial charge in [-0.05, 0) is 43.9 Å². The predicted molar refractivity (Wildman–Crippen MR) is 123 cm³/mol. The number of para-hydroxylation sites is 1. The lowest BCUT2D eigenvalue weighted by molar-refractivity contribution is -0.578. The van der Waals surface area contributed by atoms with Crippen molar-refractivity contribution in [1.29, 1.82) is 0 Å². The number of Topliss-reactive ketones (excluding diaryl/α,β-unsaturated/α-hetero) is 2. The Kier molecular flexibility index (Phi) is 7.29. The molecule has 0 spiro atoms. The molecule has 1 N–H and O–H groups in total. The minimum atomic E-state index is -0.162. The Morgan fingerprint density at radius 2 is 1.31 bits per heavy atom. The van der Waals surface area contributed by atoms with Crippen molar-refractivity contribution in [3.8, 4) is 0 Å². The predicted octanol–water partition coefficient (Wildman–Crippen LogP) is 2.08. The van der Waals surface area contributed by atoms with E-state index in [1.54, 1.807) is 28.8 Å². The molecule has 4 nitrogen and oxygen atoms in total. The molecule has 0 atom stereocenters. The fraction of sp³-hybridized carbons (Fsp3) is 0.222. The summed E-state index contributed by atoms with van der Waals surface area (Å²) < 4.78 is 1.79. The van der Waals surface area contributed by atoms with Gasteiger partial charge in [0.2, 0.25) is 5.78 Å². The smallest absolute Gasteiger partial charge is 0.286 e. The van der Waals surface area contributed by atoms with Crippen LogP contribution in [0.3, 0.4) is 0 Å². The summed E-state index contributed by atoms with van der Waals surface area (Å²) in [4.78, 5) is 27.3. The number of halogens is 1. The second-order valence-electron chi connectivity index (χ2n) is 8.01. The molecule has 3 aromatic rings. The fourth-order valence-corrected chi connectivity index (χ4v) is 4.29. The molecule has 1 aliphatic rings. The van der Waals surface area contributed by atoms with Gasteiger partial charge >= 0.3 is 0 Å². The lowest BCUT2D eigenvalue weighted by atomic mass is 9.89. The SMILES string of the molecule is CCc1cccc(CC)c1NC1=C([n+]2cc(C)cc(C)c2)C(=O)c2ccccc2C1=O.[I-]. The van der Waals surface area contributed by atoms with Gasteiger partial charge in [-0.25, -0.2) is 0 Å². The van der Waals surface area contributed by atoms with Crippen molar-refractivity contribution < 1.29 is 38.1 Å². The Hall–Kier alpha value is -2.80. The number of aromatic nitrogens is 1. The number of nitrogens with zero attached hydrogens (tertiary/aromatic N) is 1. The molecule has 0 amide bonds. The summed E-state index contributed by atoms with van der Waals surface area (Å²) in [5.41, 5.74) is 6.79. The summed E-state index contributed by atoms with van der Waals surface area (Å²) in [7, 11) is 0. The first-order valence-electron chi connectivity index (χ1n) is 10.7. The van der Waals surface area contributed by atoms with Crippen molar-refractivity contribution in [2.24, 2.45) is 0 Å². The van der Waals surface area contributed by atoms with Crippen molar-refractivity contribution in [3.05, 3.63) is 100 Å². The number of benzene rings is 2. The average molecular weight is 538 g/mol. The number of nitrogens with one attached hydrogen (secondary N) is 1. The number of hydrogen-bond donors (Lipinski definition) is 1. The second kappa shape index (κ2) is 9.77. The average Bonchev–Trinajstić information content (AvgIpc) is 2.76. The van der Waals surface area contributed by atoms with Gasteiger partial charge in [-0.15, -0.1) is 0 Å². The van der Waals surface area contributed by atoms with Crippen molar-refractivity contribution in [3.63, 3.8) is 0 Å². The summed E-state index contributed by atoms with van der Waals surface area (Å²) >= 11 is 0. The van der Waals surface area contributed by atoms with E-state index in [-0.39, 0.29) is 35.5 Å². The van der Waals surface area contributed by atoms with Crippen LogP contribution in [0, 0.1) is 13.8 Å². The van der Waals surface area contributed by atoms with Gasteiger partial charge in [-0.3, -0.25) is 9.59 Å². The maximum absolute atomic E-state index is 13.6. The topological polar surface area (TPSA) is 50.1 Å². The number of ketones is 2. The van der Waals surface area contributed by atoms with Crippen LogP contribution in [0.25, 0.3) is 5.70 Å². The van der Waals surface area contributed by atoms with E-state index in [2.05, 4.69) is 37.4 Å². The zero-order valence-electron chi connectivity index (χ0n) is 18.8. The minimum Gasteiger partial charge on any atom is -1.00 e. The van der Waals surface area contributed by atoms with Gasteiger partial charge in [0.05, 0.1) is 0 Å². The van der Waals surface area contributed by atoms with Gasteiger partial charge in [0, 0.05) is 27.9 Å². The van der Waals surface area contributed by atoms with Crippen LogP contribution in [0.4, 0.5) is 5.69 Å². The fourth-order valence-electron chi connectivity index (χ4n) is 4.29. The molecule has 1 heterocycles. The summed E-state index contributed by atoms with van der Waals surface area (Å²) in [6, 6.07) is 15.3. The van der Waals surface area contributed by atoms with Gasteiger partial charge in [0.25, 0.3) is 11.5 Å². The number of hydrogen-bond acceptors (Lipinski definition) is 3. The van der Waals surface area contributed by atoms with E-state index in [9.17, 15) is 9.59 Å². The Balaban J connectivity index is 0.00000289. The van der Waals surface area contributed by atoms with Crippen molar-refractivity contribution in [2.45, 2.75) is 40.5 Å². The van der Waals surface area contributed by atoms with Crippen LogP contribution < -0.4 is 33.9 Å². The number of pyridine rings is 1. The van der Waals surface area contributed by atoms with Crippen LogP contribution in [0.15, 0.2) is 66.6 Å². The van der Waals surface area contributed by atoms with E-state index in [0.717, 1.165) is 40.8 Å². The Labute approximate surface area is 206 Å². The summed E-state index contributed by atoms with van der Waals surface area (Å²) in [6.07, 6.45) is 5.45. The number of fused-ring (bicyclic) bond motifs is 1. The van der Waals surface area contributed by atoms with Crippen molar-refractivity contribution >= 4 is 23.0 Å². The quantitative estimate of drug-likeness (QED) is 0.400. The first-order chi connectivity index (χ1) is 14.9. The van der Waals surface area contributed by atoms with Crippen LogP contribution in [-0.4, -0.2) is 11.6 Å². The summed E-state index contributed by atoms with van der Waals surface area (Å²) in [5.74, 6) is -0.315. The van der Waals surface area contributed by atoms with Crippen LogP contribution in [-0.2, 0) is 12.8 Å².